The number of ether oxygens (including phenoxy) is 1. The molecule has 8 nitrogen and oxygen atoms in total. The number of sulfone groups is 1. The van der Waals surface area contributed by atoms with E-state index in [9.17, 15) is 18.0 Å². The van der Waals surface area contributed by atoms with Gasteiger partial charge < -0.3 is 10.1 Å². The number of hydrogen-bond donors (Lipinski definition) is 1. The van der Waals surface area contributed by atoms with Gasteiger partial charge in [0.2, 0.25) is 9.84 Å². The molecule has 0 fully saturated rings. The first-order valence-electron chi connectivity index (χ1n) is 11.0. The second-order valence-electron chi connectivity index (χ2n) is 8.66. The first-order valence-corrected chi connectivity index (χ1v) is 12.5. The zero-order valence-electron chi connectivity index (χ0n) is 20.2. The van der Waals surface area contributed by atoms with Crippen molar-refractivity contribution in [2.24, 2.45) is 14.1 Å². The van der Waals surface area contributed by atoms with Gasteiger partial charge >= 0.3 is 5.69 Å². The van der Waals surface area contributed by atoms with Crippen molar-refractivity contribution in [3.63, 3.8) is 0 Å². The van der Waals surface area contributed by atoms with Crippen molar-refractivity contribution >= 4 is 32.5 Å². The first-order chi connectivity index (χ1) is 16.5. The largest absolute Gasteiger partial charge is 0.483 e. The molecule has 0 atom stereocenters. The Morgan fingerprint density at radius 3 is 2.11 bits per heavy atom. The van der Waals surface area contributed by atoms with Crippen LogP contribution in [0.15, 0.2) is 69.2 Å². The minimum Gasteiger partial charge on any atom is -0.483 e. The lowest BCUT2D eigenvalue weighted by atomic mass is 10.1. The molecular weight excluding hydrogens is 466 g/mol. The monoisotopic (exact) mass is 493 g/mol. The van der Waals surface area contributed by atoms with Gasteiger partial charge in [-0.25, -0.2) is 13.2 Å². The van der Waals surface area contributed by atoms with E-state index in [0.717, 1.165) is 16.7 Å². The number of amides is 1. The summed E-state index contributed by atoms with van der Waals surface area (Å²) in [5, 5.41) is 2.68. The second-order valence-corrected chi connectivity index (χ2v) is 10.6. The van der Waals surface area contributed by atoms with Crippen LogP contribution >= 0.6 is 0 Å². The maximum atomic E-state index is 13.6. The van der Waals surface area contributed by atoms with Crippen LogP contribution in [-0.2, 0) is 28.7 Å². The van der Waals surface area contributed by atoms with E-state index < -0.39 is 15.7 Å². The Morgan fingerprint density at radius 1 is 0.886 bits per heavy atom. The Balaban J connectivity index is 1.75. The number of hydrogen-bond acceptors (Lipinski definition) is 5. The van der Waals surface area contributed by atoms with Crippen molar-refractivity contribution < 1.29 is 17.9 Å². The van der Waals surface area contributed by atoms with Gasteiger partial charge in [-0.05, 0) is 56.7 Å². The Morgan fingerprint density at radius 2 is 1.49 bits per heavy atom. The fraction of sp³-hybridized carbons (Fsp3) is 0.231. The lowest BCUT2D eigenvalue weighted by molar-refractivity contribution is -0.118. The van der Waals surface area contributed by atoms with Crippen LogP contribution in [0.5, 0.6) is 5.75 Å². The average Bonchev–Trinajstić information content (AvgIpc) is 3.01. The molecule has 0 radical (unpaired) electrons. The highest BCUT2D eigenvalue weighted by Gasteiger charge is 2.25. The van der Waals surface area contributed by atoms with Crippen LogP contribution in [0.1, 0.15) is 16.7 Å². The number of carbonyl (C=O) groups is 1. The molecule has 3 aromatic carbocycles. The number of aromatic nitrogens is 2. The van der Waals surface area contributed by atoms with Crippen molar-refractivity contribution in [2.75, 3.05) is 11.9 Å². The van der Waals surface area contributed by atoms with E-state index in [1.54, 1.807) is 32.3 Å². The summed E-state index contributed by atoms with van der Waals surface area (Å²) in [4.78, 5) is 25.3. The maximum Gasteiger partial charge on any atom is 0.328 e. The van der Waals surface area contributed by atoms with Gasteiger partial charge in [0.15, 0.2) is 6.61 Å². The fourth-order valence-corrected chi connectivity index (χ4v) is 5.40. The summed E-state index contributed by atoms with van der Waals surface area (Å²) in [5.74, 6) is 0.0461. The van der Waals surface area contributed by atoms with Gasteiger partial charge in [-0.2, -0.15) is 0 Å². The minimum atomic E-state index is -4.00. The fourth-order valence-electron chi connectivity index (χ4n) is 3.98. The Bertz CT molecular complexity index is 1610. The number of nitrogens with one attached hydrogen (secondary N) is 1. The third kappa shape index (κ3) is 4.59. The molecule has 0 saturated heterocycles. The highest BCUT2D eigenvalue weighted by molar-refractivity contribution is 7.91. The van der Waals surface area contributed by atoms with Crippen molar-refractivity contribution in [3.8, 4) is 5.75 Å². The van der Waals surface area contributed by atoms with E-state index in [-0.39, 0.29) is 27.8 Å². The normalized spacial score (nSPS) is 11.6. The van der Waals surface area contributed by atoms with Crippen LogP contribution in [0, 0.1) is 20.8 Å². The first kappa shape index (κ1) is 24.3. The molecule has 1 amide bonds. The summed E-state index contributed by atoms with van der Waals surface area (Å²) in [6, 6.07) is 15.0. The number of anilines is 1. The molecule has 0 aliphatic rings. The minimum absolute atomic E-state index is 0.0773. The Hall–Kier alpha value is -3.85. The molecule has 182 valence electrons. The van der Waals surface area contributed by atoms with Crippen LogP contribution in [0.2, 0.25) is 0 Å². The molecule has 0 aliphatic carbocycles. The number of fused-ring (bicyclic) bond motifs is 1. The van der Waals surface area contributed by atoms with Crippen molar-refractivity contribution in [1.82, 2.24) is 9.13 Å². The van der Waals surface area contributed by atoms with Gasteiger partial charge in [0.1, 0.15) is 5.75 Å². The molecule has 0 bridgehead atoms. The maximum absolute atomic E-state index is 13.6. The third-order valence-electron chi connectivity index (χ3n) is 5.96. The molecule has 0 spiro atoms. The van der Waals surface area contributed by atoms with E-state index in [2.05, 4.69) is 5.32 Å². The van der Waals surface area contributed by atoms with Gasteiger partial charge in [0.25, 0.3) is 5.91 Å². The van der Waals surface area contributed by atoms with Crippen LogP contribution in [0.3, 0.4) is 0 Å². The molecule has 4 aromatic rings. The van der Waals surface area contributed by atoms with Crippen molar-refractivity contribution in [1.29, 1.82) is 0 Å². The highest BCUT2D eigenvalue weighted by Crippen LogP contribution is 2.32. The van der Waals surface area contributed by atoms with Gasteiger partial charge in [0.05, 0.1) is 26.5 Å². The quantitative estimate of drug-likeness (QED) is 0.442. The molecule has 0 unspecified atom stereocenters. The predicted octanol–water partition coefficient (Wildman–Crippen LogP) is 3.65. The Labute approximate surface area is 203 Å². The number of rotatable bonds is 6. The summed E-state index contributed by atoms with van der Waals surface area (Å²) < 4.78 is 35.6. The number of nitrogens with zero attached hydrogens (tertiary/aromatic N) is 2. The second kappa shape index (κ2) is 9.07. The molecule has 35 heavy (non-hydrogen) atoms. The summed E-state index contributed by atoms with van der Waals surface area (Å²) >= 11 is 0. The third-order valence-corrected chi connectivity index (χ3v) is 7.77. The van der Waals surface area contributed by atoms with Gasteiger partial charge in [-0.15, -0.1) is 0 Å². The van der Waals surface area contributed by atoms with Gasteiger partial charge in [-0.3, -0.25) is 13.9 Å². The zero-order chi connectivity index (χ0) is 25.5. The van der Waals surface area contributed by atoms with Crippen LogP contribution in [-0.4, -0.2) is 30.1 Å². The van der Waals surface area contributed by atoms with Crippen LogP contribution in [0.25, 0.3) is 11.0 Å². The van der Waals surface area contributed by atoms with Crippen LogP contribution in [0.4, 0.5) is 5.69 Å². The smallest absolute Gasteiger partial charge is 0.328 e. The summed E-state index contributed by atoms with van der Waals surface area (Å²) in [7, 11) is -0.839. The molecule has 1 N–H and O–H groups in total. The topological polar surface area (TPSA) is 99.4 Å². The van der Waals surface area contributed by atoms with E-state index in [1.165, 1.54) is 33.4 Å². The van der Waals surface area contributed by atoms with Gasteiger partial charge in [-0.1, -0.05) is 35.4 Å². The molecule has 1 aromatic heterocycles. The number of imidazole rings is 1. The van der Waals surface area contributed by atoms with Crippen LogP contribution < -0.4 is 15.7 Å². The van der Waals surface area contributed by atoms with E-state index in [1.807, 2.05) is 32.9 Å². The lowest BCUT2D eigenvalue weighted by Gasteiger charge is -2.14. The Kier molecular flexibility index (Phi) is 6.29. The molecular formula is C26H27N3O5S. The average molecular weight is 494 g/mol. The van der Waals surface area contributed by atoms with Crippen molar-refractivity contribution in [3.05, 3.63) is 81.8 Å². The molecule has 1 heterocycles. The number of aryl methyl sites for hydroxylation is 5. The van der Waals surface area contributed by atoms with E-state index in [0.29, 0.717) is 16.8 Å². The molecule has 9 heteroatoms. The summed E-state index contributed by atoms with van der Waals surface area (Å²) in [5.41, 5.74) is 3.59. The predicted molar refractivity (Wildman–Crippen MR) is 135 cm³/mol. The lowest BCUT2D eigenvalue weighted by Crippen LogP contribution is -2.22. The number of benzene rings is 3. The van der Waals surface area contributed by atoms with Gasteiger partial charge in [0, 0.05) is 14.1 Å². The SMILES string of the molecule is Cc1ccc(S(=O)(=O)c2cc3c(cc2NC(=O)COc2ccc(C)cc2C)n(C)c(=O)n3C)cc1. The zero-order valence-corrected chi connectivity index (χ0v) is 21.1. The van der Waals surface area contributed by atoms with Crippen molar-refractivity contribution in [2.45, 2.75) is 30.6 Å². The molecule has 0 saturated carbocycles. The number of carbonyl (C=O) groups excluding carboxylic acids is 1. The standard InChI is InChI=1S/C26H27N3O5S/c1-16-6-9-19(10-7-16)35(32,33)24-14-22-21(28(4)26(31)29(22)5)13-20(24)27-25(30)15-34-23-11-8-17(2)12-18(23)3/h6-14H,15H2,1-5H3,(H,27,30). The molecule has 0 aliphatic heterocycles. The summed E-state index contributed by atoms with van der Waals surface area (Å²) in [6.07, 6.45) is 0. The highest BCUT2D eigenvalue weighted by atomic mass is 32.2. The summed E-state index contributed by atoms with van der Waals surface area (Å²) in [6.45, 7) is 5.41. The molecule has 4 rings (SSSR count). The van der Waals surface area contributed by atoms with E-state index in [4.69, 9.17) is 4.74 Å². The van der Waals surface area contributed by atoms with E-state index >= 15 is 0 Å².